The van der Waals surface area contributed by atoms with Crippen molar-refractivity contribution in [1.29, 1.82) is 0 Å². The van der Waals surface area contributed by atoms with E-state index in [1.807, 2.05) is 20.2 Å². The summed E-state index contributed by atoms with van der Waals surface area (Å²) >= 11 is 1.69. The Labute approximate surface area is 129 Å². The molecule has 1 aromatic heterocycles. The Hall–Kier alpha value is -1.47. The van der Waals surface area contributed by atoms with Gasteiger partial charge in [-0.25, -0.2) is 9.78 Å². The summed E-state index contributed by atoms with van der Waals surface area (Å²) in [6, 6.07) is -0.286. The summed E-state index contributed by atoms with van der Waals surface area (Å²) in [6.07, 6.45) is 2.67. The second-order valence-electron chi connectivity index (χ2n) is 5.95. The van der Waals surface area contributed by atoms with E-state index in [-0.39, 0.29) is 11.9 Å². The van der Waals surface area contributed by atoms with Crippen LogP contribution in [-0.4, -0.2) is 52.4 Å². The van der Waals surface area contributed by atoms with E-state index in [0.29, 0.717) is 6.54 Å². The van der Waals surface area contributed by atoms with Crippen molar-refractivity contribution in [2.24, 2.45) is 0 Å². The van der Waals surface area contributed by atoms with Crippen molar-refractivity contribution in [3.8, 4) is 0 Å². The number of hydrogen-bond acceptors (Lipinski definition) is 5. The third kappa shape index (κ3) is 3.79. The topological polar surface area (TPSA) is 65.5 Å². The molecule has 3 amide bonds. The maximum atomic E-state index is 12.0. The standard InChI is InChI=1S/C14H22N4O2S/c1-10-15-8-11(21-10)9-17(4)6-5-7-18-12(19)14(2,3)16-13(18)20/h8H,5-7,9H2,1-4H3,(H,16,20). The van der Waals surface area contributed by atoms with E-state index < -0.39 is 5.54 Å². The van der Waals surface area contributed by atoms with E-state index in [1.165, 1.54) is 9.78 Å². The highest BCUT2D eigenvalue weighted by atomic mass is 32.1. The molecule has 7 heteroatoms. The van der Waals surface area contributed by atoms with Crippen LogP contribution in [0.4, 0.5) is 4.79 Å². The van der Waals surface area contributed by atoms with E-state index in [9.17, 15) is 9.59 Å². The van der Waals surface area contributed by atoms with Crippen LogP contribution in [0.1, 0.15) is 30.2 Å². The molecule has 1 aliphatic rings. The third-order valence-electron chi connectivity index (χ3n) is 3.46. The zero-order valence-electron chi connectivity index (χ0n) is 13.0. The van der Waals surface area contributed by atoms with Gasteiger partial charge in [0.25, 0.3) is 5.91 Å². The lowest BCUT2D eigenvalue weighted by Gasteiger charge is -2.18. The first-order valence-electron chi connectivity index (χ1n) is 7.03. The summed E-state index contributed by atoms with van der Waals surface area (Å²) in [5.41, 5.74) is -0.775. The fourth-order valence-electron chi connectivity index (χ4n) is 2.34. The Kier molecular flexibility index (Phi) is 4.63. The van der Waals surface area contributed by atoms with E-state index in [0.717, 1.165) is 24.5 Å². The first-order valence-corrected chi connectivity index (χ1v) is 7.85. The molecule has 0 saturated carbocycles. The van der Waals surface area contributed by atoms with Gasteiger partial charge in [-0.3, -0.25) is 9.69 Å². The highest BCUT2D eigenvalue weighted by Gasteiger charge is 2.43. The molecule has 116 valence electrons. The lowest BCUT2D eigenvalue weighted by Crippen LogP contribution is -2.40. The van der Waals surface area contributed by atoms with Crippen molar-refractivity contribution in [2.75, 3.05) is 20.1 Å². The van der Waals surface area contributed by atoms with Crippen LogP contribution in [0.2, 0.25) is 0 Å². The lowest BCUT2D eigenvalue weighted by atomic mass is 10.1. The number of carbonyl (C=O) groups is 2. The summed E-state index contributed by atoms with van der Waals surface area (Å²) < 4.78 is 0. The molecule has 0 aliphatic carbocycles. The smallest absolute Gasteiger partial charge is 0.324 e. The Morgan fingerprint density at radius 1 is 1.43 bits per heavy atom. The molecule has 1 aliphatic heterocycles. The van der Waals surface area contributed by atoms with Crippen LogP contribution in [0.3, 0.4) is 0 Å². The second kappa shape index (κ2) is 6.11. The summed E-state index contributed by atoms with van der Waals surface area (Å²) in [7, 11) is 2.03. The van der Waals surface area contributed by atoms with Crippen molar-refractivity contribution < 1.29 is 9.59 Å². The number of aryl methyl sites for hydroxylation is 1. The number of aromatic nitrogens is 1. The maximum absolute atomic E-state index is 12.0. The summed E-state index contributed by atoms with van der Waals surface area (Å²) in [5, 5.41) is 3.76. The van der Waals surface area contributed by atoms with Crippen molar-refractivity contribution in [3.63, 3.8) is 0 Å². The van der Waals surface area contributed by atoms with Crippen LogP contribution < -0.4 is 5.32 Å². The summed E-state index contributed by atoms with van der Waals surface area (Å²) in [5.74, 6) is -0.145. The van der Waals surface area contributed by atoms with Gasteiger partial charge < -0.3 is 10.2 Å². The number of rotatable bonds is 6. The van der Waals surface area contributed by atoms with Gasteiger partial charge in [-0.15, -0.1) is 11.3 Å². The molecule has 0 radical (unpaired) electrons. The molecule has 0 atom stereocenters. The Balaban J connectivity index is 1.76. The van der Waals surface area contributed by atoms with E-state index in [2.05, 4.69) is 15.2 Å². The molecule has 0 spiro atoms. The largest absolute Gasteiger partial charge is 0.325 e. The van der Waals surface area contributed by atoms with Gasteiger partial charge in [-0.05, 0) is 40.8 Å². The fourth-order valence-corrected chi connectivity index (χ4v) is 3.22. The van der Waals surface area contributed by atoms with Crippen LogP contribution in [0, 0.1) is 6.92 Å². The average Bonchev–Trinajstić information content (AvgIpc) is 2.85. The van der Waals surface area contributed by atoms with E-state index >= 15 is 0 Å². The SMILES string of the molecule is Cc1ncc(CN(C)CCCN2C(=O)NC(C)(C)C2=O)s1. The van der Waals surface area contributed by atoms with Crippen molar-refractivity contribution in [1.82, 2.24) is 20.1 Å². The molecule has 2 rings (SSSR count). The molecular weight excluding hydrogens is 288 g/mol. The first-order chi connectivity index (χ1) is 9.79. The summed E-state index contributed by atoms with van der Waals surface area (Å²) in [4.78, 5) is 32.7. The highest BCUT2D eigenvalue weighted by molar-refractivity contribution is 7.11. The zero-order chi connectivity index (χ0) is 15.6. The fraction of sp³-hybridized carbons (Fsp3) is 0.643. The molecule has 1 aromatic rings. The minimum Gasteiger partial charge on any atom is -0.324 e. The van der Waals surface area contributed by atoms with Crippen LogP contribution in [0.25, 0.3) is 0 Å². The normalized spacial score (nSPS) is 17.7. The van der Waals surface area contributed by atoms with Gasteiger partial charge in [0, 0.05) is 24.2 Å². The van der Waals surface area contributed by atoms with Gasteiger partial charge in [-0.2, -0.15) is 0 Å². The van der Waals surface area contributed by atoms with Crippen molar-refractivity contribution in [2.45, 2.75) is 39.3 Å². The minimum atomic E-state index is -0.775. The highest BCUT2D eigenvalue weighted by Crippen LogP contribution is 2.17. The number of carbonyl (C=O) groups excluding carboxylic acids is 2. The Bertz CT molecular complexity index is 541. The number of amides is 3. The quantitative estimate of drug-likeness (QED) is 0.811. The second-order valence-corrected chi connectivity index (χ2v) is 7.27. The molecule has 1 N–H and O–H groups in total. The molecule has 0 aromatic carbocycles. The Morgan fingerprint density at radius 2 is 2.14 bits per heavy atom. The molecule has 0 unspecified atom stereocenters. The zero-order valence-corrected chi connectivity index (χ0v) is 13.8. The van der Waals surface area contributed by atoms with Crippen molar-refractivity contribution >= 4 is 23.3 Å². The Morgan fingerprint density at radius 3 is 2.67 bits per heavy atom. The molecule has 21 heavy (non-hydrogen) atoms. The first kappa shape index (κ1) is 15.9. The predicted molar refractivity (Wildman–Crippen MR) is 82.1 cm³/mol. The van der Waals surface area contributed by atoms with Crippen LogP contribution >= 0.6 is 11.3 Å². The van der Waals surface area contributed by atoms with Crippen molar-refractivity contribution in [3.05, 3.63) is 16.1 Å². The van der Waals surface area contributed by atoms with Crippen LogP contribution in [0.15, 0.2) is 6.20 Å². The number of nitrogens with one attached hydrogen (secondary N) is 1. The molecule has 2 heterocycles. The number of urea groups is 1. The van der Waals surface area contributed by atoms with Crippen LogP contribution in [0.5, 0.6) is 0 Å². The van der Waals surface area contributed by atoms with Gasteiger partial charge >= 0.3 is 6.03 Å². The van der Waals surface area contributed by atoms with E-state index in [4.69, 9.17) is 0 Å². The monoisotopic (exact) mass is 310 g/mol. The minimum absolute atomic E-state index is 0.145. The van der Waals surface area contributed by atoms with Gasteiger partial charge in [-0.1, -0.05) is 0 Å². The lowest BCUT2D eigenvalue weighted by molar-refractivity contribution is -0.130. The molecule has 0 bridgehead atoms. The molecule has 1 saturated heterocycles. The van der Waals surface area contributed by atoms with E-state index in [1.54, 1.807) is 25.2 Å². The van der Waals surface area contributed by atoms with Gasteiger partial charge in [0.1, 0.15) is 5.54 Å². The molecule has 1 fully saturated rings. The predicted octanol–water partition coefficient (Wildman–Crippen LogP) is 1.60. The number of hydrogen-bond donors (Lipinski definition) is 1. The van der Waals surface area contributed by atoms with Gasteiger partial charge in [0.15, 0.2) is 0 Å². The van der Waals surface area contributed by atoms with Crippen LogP contribution in [-0.2, 0) is 11.3 Å². The number of nitrogens with zero attached hydrogens (tertiary/aromatic N) is 3. The number of thiazole rings is 1. The molecule has 6 nitrogen and oxygen atoms in total. The number of imide groups is 1. The third-order valence-corrected chi connectivity index (χ3v) is 4.36. The maximum Gasteiger partial charge on any atom is 0.325 e. The summed E-state index contributed by atoms with van der Waals surface area (Å²) in [6.45, 7) is 7.58. The molecular formula is C14H22N4O2S. The van der Waals surface area contributed by atoms with Gasteiger partial charge in [0.05, 0.1) is 5.01 Å². The average molecular weight is 310 g/mol. The van der Waals surface area contributed by atoms with Gasteiger partial charge in [0.2, 0.25) is 0 Å².